The normalized spacial score (nSPS) is 18.0. The largest absolute Gasteiger partial charge is 0.413 e. The smallest absolute Gasteiger partial charge is 0.382 e. The second kappa shape index (κ2) is 5.55. The maximum Gasteiger partial charge on any atom is 0.413 e. The fourth-order valence-corrected chi connectivity index (χ4v) is 2.18. The molecule has 1 aromatic rings. The lowest BCUT2D eigenvalue weighted by atomic mass is 10.0. The Kier molecular flexibility index (Phi) is 4.13. The van der Waals surface area contributed by atoms with Crippen LogP contribution in [0.25, 0.3) is 0 Å². The van der Waals surface area contributed by atoms with E-state index >= 15 is 0 Å². The Balaban J connectivity index is 2.07. The summed E-state index contributed by atoms with van der Waals surface area (Å²) in [6.07, 6.45) is -2.38. The number of alkyl halides is 3. The Labute approximate surface area is 119 Å². The summed E-state index contributed by atoms with van der Waals surface area (Å²) in [6.45, 7) is 0.812. The minimum atomic E-state index is -4.60. The molecule has 2 rings (SSSR count). The van der Waals surface area contributed by atoms with Crippen molar-refractivity contribution in [3.05, 3.63) is 17.5 Å². The zero-order chi connectivity index (χ0) is 15.7. The summed E-state index contributed by atoms with van der Waals surface area (Å²) in [5.74, 6) is 0. The number of hydrogen-bond donors (Lipinski definition) is 2. The lowest BCUT2D eigenvalue weighted by molar-refractivity contribution is -0.200. The summed E-state index contributed by atoms with van der Waals surface area (Å²) in [7, 11) is 1.16. The maximum absolute atomic E-state index is 13.1. The number of carbonyl (C=O) groups excluding carboxylic acids is 1. The van der Waals surface area contributed by atoms with Gasteiger partial charge in [-0.15, -0.1) is 0 Å². The van der Waals surface area contributed by atoms with Gasteiger partial charge < -0.3 is 15.0 Å². The van der Waals surface area contributed by atoms with E-state index in [2.05, 4.69) is 14.9 Å². The number of hydrogen-bond acceptors (Lipinski definition) is 3. The number of nitrogens with one attached hydrogen (secondary N) is 2. The number of rotatable bonds is 3. The van der Waals surface area contributed by atoms with E-state index in [1.54, 1.807) is 6.20 Å². The number of aromatic amines is 1. The number of carbonyl (C=O) groups is 1. The molecule has 1 atom stereocenters. The summed E-state index contributed by atoms with van der Waals surface area (Å²) < 4.78 is 43.8. The van der Waals surface area contributed by atoms with Gasteiger partial charge in [-0.05, 0) is 18.9 Å². The highest BCUT2D eigenvalue weighted by molar-refractivity contribution is 5.75. The lowest BCUT2D eigenvalue weighted by Crippen LogP contribution is -2.62. The number of aromatic nitrogens is 2. The predicted octanol–water partition coefficient (Wildman–Crippen LogP) is 1.44. The summed E-state index contributed by atoms with van der Waals surface area (Å²) in [4.78, 5) is 13.4. The molecule has 0 fully saturated rings. The zero-order valence-electron chi connectivity index (χ0n) is 11.8. The molecular formula is C12H17F3N4O2. The van der Waals surface area contributed by atoms with Crippen molar-refractivity contribution in [1.82, 2.24) is 20.4 Å². The Morgan fingerprint density at radius 3 is 2.90 bits per heavy atom. The number of H-pyrrole nitrogens is 1. The fourth-order valence-electron chi connectivity index (χ4n) is 2.18. The van der Waals surface area contributed by atoms with Gasteiger partial charge in [-0.2, -0.15) is 18.3 Å². The highest BCUT2D eigenvalue weighted by atomic mass is 19.4. The molecule has 0 radical (unpaired) electrons. The molecule has 1 aliphatic heterocycles. The molecule has 1 aliphatic rings. The first-order chi connectivity index (χ1) is 9.77. The van der Waals surface area contributed by atoms with Crippen LogP contribution in [0.2, 0.25) is 0 Å². The number of urea groups is 1. The quantitative estimate of drug-likeness (QED) is 0.888. The van der Waals surface area contributed by atoms with Crippen molar-refractivity contribution < 1.29 is 22.7 Å². The Morgan fingerprint density at radius 2 is 2.29 bits per heavy atom. The van der Waals surface area contributed by atoms with E-state index < -0.39 is 24.4 Å². The first-order valence-electron chi connectivity index (χ1n) is 6.41. The number of ether oxygens (including phenoxy) is 1. The third-order valence-electron chi connectivity index (χ3n) is 3.54. The summed E-state index contributed by atoms with van der Waals surface area (Å²) in [5.41, 5.74) is -0.695. The van der Waals surface area contributed by atoms with E-state index in [1.165, 1.54) is 4.90 Å². The van der Waals surface area contributed by atoms with Crippen molar-refractivity contribution >= 4 is 6.03 Å². The number of amides is 2. The highest BCUT2D eigenvalue weighted by Gasteiger charge is 2.52. The van der Waals surface area contributed by atoms with Gasteiger partial charge in [0, 0.05) is 13.7 Å². The van der Waals surface area contributed by atoms with Crippen LogP contribution in [0.5, 0.6) is 0 Å². The molecule has 9 heteroatoms. The van der Waals surface area contributed by atoms with E-state index in [0.717, 1.165) is 25.3 Å². The molecular weight excluding hydrogens is 289 g/mol. The first-order valence-corrected chi connectivity index (χ1v) is 6.41. The lowest BCUT2D eigenvalue weighted by Gasteiger charge is -2.35. The minimum Gasteiger partial charge on any atom is -0.382 e. The third-order valence-corrected chi connectivity index (χ3v) is 3.54. The number of fused-ring (bicyclic) bond motifs is 1. The second-order valence-electron chi connectivity index (χ2n) is 5.24. The molecule has 0 spiro atoms. The van der Waals surface area contributed by atoms with Gasteiger partial charge in [0.05, 0.1) is 25.0 Å². The van der Waals surface area contributed by atoms with Crippen LogP contribution in [0, 0.1) is 0 Å². The maximum atomic E-state index is 13.1. The van der Waals surface area contributed by atoms with Gasteiger partial charge in [0.2, 0.25) is 0 Å². The average molecular weight is 306 g/mol. The number of nitrogens with zero attached hydrogens (tertiary/aromatic N) is 2. The van der Waals surface area contributed by atoms with Gasteiger partial charge in [0.15, 0.2) is 5.54 Å². The van der Waals surface area contributed by atoms with Crippen LogP contribution in [0.1, 0.15) is 18.2 Å². The molecule has 0 bridgehead atoms. The van der Waals surface area contributed by atoms with E-state index in [0.29, 0.717) is 13.0 Å². The van der Waals surface area contributed by atoms with E-state index in [1.807, 2.05) is 5.32 Å². The van der Waals surface area contributed by atoms with Gasteiger partial charge in [-0.1, -0.05) is 0 Å². The molecule has 0 aromatic carbocycles. The van der Waals surface area contributed by atoms with Gasteiger partial charge in [-0.25, -0.2) is 4.79 Å². The standard InChI is InChI=1S/C12H17F3N4O2/c1-11(7-21-2,12(13,14)15)17-10(20)19-4-3-8-5-16-18-9(8)6-19/h5H,3-4,6-7H2,1-2H3,(H,16,18)(H,17,20). The summed E-state index contributed by atoms with van der Waals surface area (Å²) in [5, 5.41) is 8.63. The van der Waals surface area contributed by atoms with Crippen molar-refractivity contribution in [3.8, 4) is 0 Å². The van der Waals surface area contributed by atoms with Crippen LogP contribution >= 0.6 is 0 Å². The molecule has 118 valence electrons. The molecule has 0 aliphatic carbocycles. The second-order valence-corrected chi connectivity index (χ2v) is 5.24. The van der Waals surface area contributed by atoms with Crippen molar-refractivity contribution in [2.24, 2.45) is 0 Å². The van der Waals surface area contributed by atoms with Crippen LogP contribution in [-0.4, -0.2) is 53.1 Å². The van der Waals surface area contributed by atoms with E-state index in [-0.39, 0.29) is 6.54 Å². The molecule has 1 unspecified atom stereocenters. The van der Waals surface area contributed by atoms with E-state index in [4.69, 9.17) is 0 Å². The fraction of sp³-hybridized carbons (Fsp3) is 0.667. The Hall–Kier alpha value is -1.77. The monoisotopic (exact) mass is 306 g/mol. The minimum absolute atomic E-state index is 0.210. The molecule has 0 saturated heterocycles. The SMILES string of the molecule is COCC(C)(NC(=O)N1CCc2cn[nH]c2C1)C(F)(F)F. The van der Waals surface area contributed by atoms with Crippen molar-refractivity contribution in [2.75, 3.05) is 20.3 Å². The van der Waals surface area contributed by atoms with Crippen LogP contribution in [-0.2, 0) is 17.7 Å². The van der Waals surface area contributed by atoms with Gasteiger partial charge >= 0.3 is 12.2 Å². The Bertz CT molecular complexity index is 517. The molecule has 21 heavy (non-hydrogen) atoms. The molecule has 1 aromatic heterocycles. The van der Waals surface area contributed by atoms with Crippen molar-refractivity contribution in [3.63, 3.8) is 0 Å². The molecule has 2 heterocycles. The summed E-state index contributed by atoms with van der Waals surface area (Å²) in [6, 6.07) is -0.771. The summed E-state index contributed by atoms with van der Waals surface area (Å²) >= 11 is 0. The van der Waals surface area contributed by atoms with Gasteiger partial charge in [-0.3, -0.25) is 5.10 Å². The zero-order valence-corrected chi connectivity index (χ0v) is 11.8. The molecule has 0 saturated carbocycles. The number of methoxy groups -OCH3 is 1. The third kappa shape index (κ3) is 3.12. The Morgan fingerprint density at radius 1 is 1.57 bits per heavy atom. The van der Waals surface area contributed by atoms with Crippen molar-refractivity contribution in [1.29, 1.82) is 0 Å². The first kappa shape index (κ1) is 15.6. The molecule has 6 nitrogen and oxygen atoms in total. The van der Waals surface area contributed by atoms with Gasteiger partial charge in [0.25, 0.3) is 0 Å². The predicted molar refractivity (Wildman–Crippen MR) is 67.6 cm³/mol. The van der Waals surface area contributed by atoms with Crippen LogP contribution in [0.15, 0.2) is 6.20 Å². The highest BCUT2D eigenvalue weighted by Crippen LogP contribution is 2.30. The average Bonchev–Trinajstić information content (AvgIpc) is 2.84. The van der Waals surface area contributed by atoms with Crippen LogP contribution < -0.4 is 5.32 Å². The van der Waals surface area contributed by atoms with E-state index in [9.17, 15) is 18.0 Å². The van der Waals surface area contributed by atoms with Crippen LogP contribution in [0.3, 0.4) is 0 Å². The molecule has 2 amide bonds. The number of halogens is 3. The van der Waals surface area contributed by atoms with Gasteiger partial charge in [0.1, 0.15) is 0 Å². The molecule has 2 N–H and O–H groups in total. The van der Waals surface area contributed by atoms with Crippen molar-refractivity contribution in [2.45, 2.75) is 31.6 Å². The topological polar surface area (TPSA) is 70.2 Å². The van der Waals surface area contributed by atoms with Crippen LogP contribution in [0.4, 0.5) is 18.0 Å².